The fraction of sp³-hybridized carbons (Fsp3) is 0.444. The Kier molecular flexibility index (Phi) is 3.74. The van der Waals surface area contributed by atoms with Gasteiger partial charge in [-0.25, -0.2) is 4.98 Å². The number of nitrogens with one attached hydrogen (secondary N) is 1. The van der Waals surface area contributed by atoms with E-state index in [0.29, 0.717) is 5.92 Å². The molecule has 5 heteroatoms. The van der Waals surface area contributed by atoms with Crippen molar-refractivity contribution >= 4 is 11.6 Å². The molecule has 1 aliphatic carbocycles. The molecule has 1 aromatic heterocycles. The smallest absolute Gasteiger partial charge is 0.254 e. The standard InChI is InChI=1S/C18H20ClN3O/c1-11-2-3-12(8-15(11)19)9-22-7-6-14-16(10-22)20-17(13-4-5-13)21-18(14)23/h2-3,8,13H,4-7,9-10H2,1H3,(H,20,21,23). The van der Waals surface area contributed by atoms with E-state index in [2.05, 4.69) is 22.0 Å². The van der Waals surface area contributed by atoms with Gasteiger partial charge in [0.25, 0.3) is 5.56 Å². The highest BCUT2D eigenvalue weighted by Gasteiger charge is 2.29. The van der Waals surface area contributed by atoms with Gasteiger partial charge < -0.3 is 4.98 Å². The van der Waals surface area contributed by atoms with Crippen LogP contribution in [0.3, 0.4) is 0 Å². The van der Waals surface area contributed by atoms with E-state index < -0.39 is 0 Å². The van der Waals surface area contributed by atoms with E-state index in [1.807, 2.05) is 13.0 Å². The first-order valence-electron chi connectivity index (χ1n) is 8.19. The Morgan fingerprint density at radius 2 is 2.22 bits per heavy atom. The maximum atomic E-state index is 12.2. The van der Waals surface area contributed by atoms with Gasteiger partial charge in [0.15, 0.2) is 0 Å². The molecular weight excluding hydrogens is 310 g/mol. The quantitative estimate of drug-likeness (QED) is 0.941. The summed E-state index contributed by atoms with van der Waals surface area (Å²) in [6.07, 6.45) is 3.06. The van der Waals surface area contributed by atoms with E-state index in [0.717, 1.165) is 66.6 Å². The molecule has 0 atom stereocenters. The van der Waals surface area contributed by atoms with Crippen LogP contribution in [0.4, 0.5) is 0 Å². The Morgan fingerprint density at radius 1 is 1.39 bits per heavy atom. The minimum atomic E-state index is 0.0648. The van der Waals surface area contributed by atoms with Crippen LogP contribution in [0.15, 0.2) is 23.0 Å². The zero-order valence-corrected chi connectivity index (χ0v) is 14.0. The van der Waals surface area contributed by atoms with Crippen LogP contribution in [0.2, 0.25) is 5.02 Å². The van der Waals surface area contributed by atoms with Crippen molar-refractivity contribution in [1.82, 2.24) is 14.9 Å². The lowest BCUT2D eigenvalue weighted by Crippen LogP contribution is -2.35. The van der Waals surface area contributed by atoms with Gasteiger partial charge in [-0.15, -0.1) is 0 Å². The molecule has 0 unspecified atom stereocenters. The Bertz CT molecular complexity index is 810. The summed E-state index contributed by atoms with van der Waals surface area (Å²) in [6, 6.07) is 6.22. The van der Waals surface area contributed by atoms with E-state index >= 15 is 0 Å². The van der Waals surface area contributed by atoms with Gasteiger partial charge in [0.1, 0.15) is 5.82 Å². The molecule has 2 aromatic rings. The van der Waals surface area contributed by atoms with Crippen molar-refractivity contribution in [2.45, 2.75) is 45.2 Å². The Morgan fingerprint density at radius 3 is 2.96 bits per heavy atom. The third-order valence-corrected chi connectivity index (χ3v) is 5.18. The van der Waals surface area contributed by atoms with Gasteiger partial charge in [-0.05, 0) is 43.4 Å². The van der Waals surface area contributed by atoms with Gasteiger partial charge in [-0.2, -0.15) is 0 Å². The number of fused-ring (bicyclic) bond motifs is 1. The number of H-pyrrole nitrogens is 1. The first-order valence-corrected chi connectivity index (χ1v) is 8.57. The molecule has 4 rings (SSSR count). The molecule has 1 saturated carbocycles. The second-order valence-corrected chi connectivity index (χ2v) is 7.10. The monoisotopic (exact) mass is 329 g/mol. The van der Waals surface area contributed by atoms with Gasteiger partial charge >= 0.3 is 0 Å². The van der Waals surface area contributed by atoms with E-state index in [4.69, 9.17) is 16.6 Å². The summed E-state index contributed by atoms with van der Waals surface area (Å²) in [5.41, 5.74) is 4.20. The van der Waals surface area contributed by atoms with Crippen LogP contribution in [0.25, 0.3) is 0 Å². The highest BCUT2D eigenvalue weighted by Crippen LogP contribution is 2.37. The summed E-state index contributed by atoms with van der Waals surface area (Å²) in [4.78, 5) is 22.3. The van der Waals surface area contributed by atoms with Gasteiger partial charge in [-0.3, -0.25) is 9.69 Å². The summed E-state index contributed by atoms with van der Waals surface area (Å²) in [6.45, 7) is 4.47. The van der Waals surface area contributed by atoms with Crippen LogP contribution in [-0.2, 0) is 19.5 Å². The van der Waals surface area contributed by atoms with Gasteiger partial charge in [0.05, 0.1) is 5.69 Å². The normalized spacial score (nSPS) is 18.0. The largest absolute Gasteiger partial charge is 0.310 e. The number of hydrogen-bond donors (Lipinski definition) is 1. The molecule has 0 spiro atoms. The molecular formula is C18H20ClN3O. The van der Waals surface area contributed by atoms with E-state index in [1.54, 1.807) is 0 Å². The third-order valence-electron chi connectivity index (χ3n) is 4.78. The summed E-state index contributed by atoms with van der Waals surface area (Å²) in [5, 5.41) is 0.811. The Hall–Kier alpha value is -1.65. The number of aromatic amines is 1. The summed E-state index contributed by atoms with van der Waals surface area (Å²) < 4.78 is 0. The molecule has 1 aromatic carbocycles. The lowest BCUT2D eigenvalue weighted by molar-refractivity contribution is 0.240. The van der Waals surface area contributed by atoms with E-state index in [1.165, 1.54) is 5.56 Å². The van der Waals surface area contributed by atoms with Crippen LogP contribution >= 0.6 is 11.6 Å². The highest BCUT2D eigenvalue weighted by molar-refractivity contribution is 6.31. The topological polar surface area (TPSA) is 49.0 Å². The lowest BCUT2D eigenvalue weighted by atomic mass is 10.0. The van der Waals surface area contributed by atoms with Crippen LogP contribution in [0.1, 0.15) is 47.0 Å². The first kappa shape index (κ1) is 14.9. The van der Waals surface area contributed by atoms with Crippen LogP contribution < -0.4 is 5.56 Å². The zero-order valence-electron chi connectivity index (χ0n) is 13.2. The third kappa shape index (κ3) is 3.06. The lowest BCUT2D eigenvalue weighted by Gasteiger charge is -2.27. The molecule has 1 N–H and O–H groups in total. The van der Waals surface area contributed by atoms with Crippen molar-refractivity contribution in [2.24, 2.45) is 0 Å². The van der Waals surface area contributed by atoms with Crippen molar-refractivity contribution in [1.29, 1.82) is 0 Å². The van der Waals surface area contributed by atoms with E-state index in [-0.39, 0.29) is 5.56 Å². The number of benzene rings is 1. The second kappa shape index (κ2) is 5.77. The second-order valence-electron chi connectivity index (χ2n) is 6.69. The SMILES string of the molecule is Cc1ccc(CN2CCc3c(nc(C4CC4)[nH]c3=O)C2)cc1Cl. The predicted octanol–water partition coefficient (Wildman–Crippen LogP) is 3.17. The van der Waals surface area contributed by atoms with Gasteiger partial charge in [-0.1, -0.05) is 23.7 Å². The molecule has 23 heavy (non-hydrogen) atoms. The molecule has 1 fully saturated rings. The minimum absolute atomic E-state index is 0.0648. The summed E-state index contributed by atoms with van der Waals surface area (Å²) in [5.74, 6) is 1.35. The van der Waals surface area contributed by atoms with Crippen LogP contribution in [-0.4, -0.2) is 21.4 Å². The van der Waals surface area contributed by atoms with Gasteiger partial charge in [0, 0.05) is 36.1 Å². The van der Waals surface area contributed by atoms with Gasteiger partial charge in [0.2, 0.25) is 0 Å². The van der Waals surface area contributed by atoms with Crippen molar-refractivity contribution in [3.05, 3.63) is 61.8 Å². The number of rotatable bonds is 3. The van der Waals surface area contributed by atoms with Crippen molar-refractivity contribution in [3.63, 3.8) is 0 Å². The molecule has 0 bridgehead atoms. The minimum Gasteiger partial charge on any atom is -0.310 e. The first-order chi connectivity index (χ1) is 11.1. The fourth-order valence-electron chi connectivity index (χ4n) is 3.19. The number of aryl methyl sites for hydroxylation is 1. The van der Waals surface area contributed by atoms with E-state index in [9.17, 15) is 4.79 Å². The average molecular weight is 330 g/mol. The number of aromatic nitrogens is 2. The van der Waals surface area contributed by atoms with Crippen molar-refractivity contribution < 1.29 is 0 Å². The molecule has 0 radical (unpaired) electrons. The maximum absolute atomic E-state index is 12.2. The summed E-state index contributed by atoms with van der Waals surface area (Å²) in [7, 11) is 0. The number of nitrogens with zero attached hydrogens (tertiary/aromatic N) is 2. The molecule has 2 heterocycles. The fourth-order valence-corrected chi connectivity index (χ4v) is 3.39. The van der Waals surface area contributed by atoms with Crippen LogP contribution in [0.5, 0.6) is 0 Å². The summed E-state index contributed by atoms with van der Waals surface area (Å²) >= 11 is 6.22. The Balaban J connectivity index is 1.55. The van der Waals surface area contributed by atoms with Crippen molar-refractivity contribution in [3.8, 4) is 0 Å². The number of halogens is 1. The maximum Gasteiger partial charge on any atom is 0.254 e. The predicted molar refractivity (Wildman–Crippen MR) is 90.8 cm³/mol. The number of hydrogen-bond acceptors (Lipinski definition) is 3. The molecule has 2 aliphatic rings. The van der Waals surface area contributed by atoms with Crippen LogP contribution in [0, 0.1) is 6.92 Å². The molecule has 1 aliphatic heterocycles. The molecule has 0 amide bonds. The average Bonchev–Trinajstić information content (AvgIpc) is 3.35. The molecule has 120 valence electrons. The highest BCUT2D eigenvalue weighted by atomic mass is 35.5. The molecule has 4 nitrogen and oxygen atoms in total. The molecule has 0 saturated heterocycles. The van der Waals surface area contributed by atoms with Crippen molar-refractivity contribution in [2.75, 3.05) is 6.54 Å². The Labute approximate surface area is 140 Å². The zero-order chi connectivity index (χ0) is 16.0.